The van der Waals surface area contributed by atoms with Crippen LogP contribution >= 0.6 is 34.7 Å². The number of hydrogen-bond donors (Lipinski definition) is 1. The first-order valence-corrected chi connectivity index (χ1v) is 13.5. The number of rotatable bonds is 8. The summed E-state index contributed by atoms with van der Waals surface area (Å²) in [6.07, 6.45) is 4.94. The number of carbonyl (C=O) groups is 1. The van der Waals surface area contributed by atoms with E-state index in [1.807, 2.05) is 36.6 Å². The average Bonchev–Trinajstić information content (AvgIpc) is 3.31. The highest BCUT2D eigenvalue weighted by molar-refractivity contribution is 7.99. The Labute approximate surface area is 212 Å². The number of benzene rings is 1. The summed E-state index contributed by atoms with van der Waals surface area (Å²) in [5.41, 5.74) is 1.75. The van der Waals surface area contributed by atoms with Gasteiger partial charge in [-0.15, -0.1) is 21.5 Å². The number of thiophene rings is 1. The molecule has 10 heteroatoms. The summed E-state index contributed by atoms with van der Waals surface area (Å²) >= 11 is 9.07. The van der Waals surface area contributed by atoms with Gasteiger partial charge in [-0.3, -0.25) is 4.79 Å². The van der Waals surface area contributed by atoms with Gasteiger partial charge in [0.1, 0.15) is 16.8 Å². The van der Waals surface area contributed by atoms with Crippen LogP contribution in [-0.4, -0.2) is 26.4 Å². The SMILES string of the molecule is CCn1c(SCC(=O)Nc2sc3c(c2C#N)CCCCC3)nnc1C(C)Oc1ccccc1Cl. The van der Waals surface area contributed by atoms with E-state index >= 15 is 0 Å². The van der Waals surface area contributed by atoms with Crippen molar-refractivity contribution in [1.29, 1.82) is 5.26 Å². The van der Waals surface area contributed by atoms with Crippen molar-refractivity contribution in [2.24, 2.45) is 0 Å². The number of nitrogens with one attached hydrogen (secondary N) is 1. The van der Waals surface area contributed by atoms with E-state index < -0.39 is 0 Å². The van der Waals surface area contributed by atoms with Crippen molar-refractivity contribution in [1.82, 2.24) is 14.8 Å². The lowest BCUT2D eigenvalue weighted by Gasteiger charge is -2.16. The number of para-hydroxylation sites is 1. The van der Waals surface area contributed by atoms with Gasteiger partial charge in [0.2, 0.25) is 5.91 Å². The number of amides is 1. The summed E-state index contributed by atoms with van der Waals surface area (Å²) in [6.45, 7) is 4.53. The molecule has 0 saturated heterocycles. The van der Waals surface area contributed by atoms with Crippen LogP contribution in [0.25, 0.3) is 0 Å². The van der Waals surface area contributed by atoms with Gasteiger partial charge in [-0.25, -0.2) is 0 Å². The molecule has 1 aliphatic rings. The maximum atomic E-state index is 12.7. The van der Waals surface area contributed by atoms with E-state index in [0.29, 0.717) is 38.9 Å². The van der Waals surface area contributed by atoms with E-state index in [1.54, 1.807) is 17.4 Å². The second kappa shape index (κ2) is 11.3. The molecule has 1 N–H and O–H groups in total. The van der Waals surface area contributed by atoms with Gasteiger partial charge in [-0.05, 0) is 57.2 Å². The molecule has 1 aromatic carbocycles. The second-order valence-electron chi connectivity index (χ2n) is 7.99. The third-order valence-electron chi connectivity index (χ3n) is 5.68. The minimum absolute atomic E-state index is 0.162. The zero-order chi connectivity index (χ0) is 24.1. The minimum atomic E-state index is -0.366. The molecule has 3 aromatic rings. The van der Waals surface area contributed by atoms with Crippen molar-refractivity contribution >= 4 is 45.6 Å². The number of anilines is 1. The Hall–Kier alpha value is -2.54. The fraction of sp³-hybridized carbons (Fsp3) is 0.417. The summed E-state index contributed by atoms with van der Waals surface area (Å²) in [5.74, 6) is 1.26. The topological polar surface area (TPSA) is 92.8 Å². The Morgan fingerprint density at radius 1 is 1.32 bits per heavy atom. The number of carbonyl (C=O) groups excluding carboxylic acids is 1. The highest BCUT2D eigenvalue weighted by Crippen LogP contribution is 2.37. The maximum Gasteiger partial charge on any atom is 0.235 e. The van der Waals surface area contributed by atoms with Crippen molar-refractivity contribution in [3.05, 3.63) is 51.1 Å². The van der Waals surface area contributed by atoms with E-state index in [-0.39, 0.29) is 17.8 Å². The number of ether oxygens (including phenoxy) is 1. The van der Waals surface area contributed by atoms with Crippen LogP contribution in [0.15, 0.2) is 29.4 Å². The molecule has 0 bridgehead atoms. The van der Waals surface area contributed by atoms with Gasteiger partial charge in [0, 0.05) is 11.4 Å². The zero-order valence-electron chi connectivity index (χ0n) is 19.1. The van der Waals surface area contributed by atoms with Crippen LogP contribution in [0.4, 0.5) is 5.00 Å². The monoisotopic (exact) mass is 515 g/mol. The fourth-order valence-electron chi connectivity index (χ4n) is 4.03. The van der Waals surface area contributed by atoms with E-state index in [2.05, 4.69) is 21.6 Å². The Morgan fingerprint density at radius 3 is 2.88 bits per heavy atom. The lowest BCUT2D eigenvalue weighted by atomic mass is 10.1. The highest BCUT2D eigenvalue weighted by Gasteiger charge is 2.23. The van der Waals surface area contributed by atoms with Gasteiger partial charge in [-0.2, -0.15) is 5.26 Å². The molecular weight excluding hydrogens is 490 g/mol. The number of thioether (sulfide) groups is 1. The average molecular weight is 516 g/mol. The van der Waals surface area contributed by atoms with Crippen molar-refractivity contribution in [2.75, 3.05) is 11.1 Å². The standard InChI is InChI=1S/C24H26ClN5O2S2/c1-3-30-22(15(2)32-19-11-8-7-10-18(19)25)28-29-24(30)33-14-21(31)27-23-17(13-26)16-9-5-4-6-12-20(16)34-23/h7-8,10-11,15H,3-6,9,12,14H2,1-2H3,(H,27,31). The molecule has 0 saturated carbocycles. The summed E-state index contributed by atoms with van der Waals surface area (Å²) < 4.78 is 7.93. The van der Waals surface area contributed by atoms with Crippen molar-refractivity contribution < 1.29 is 9.53 Å². The van der Waals surface area contributed by atoms with Gasteiger partial charge in [-0.1, -0.05) is 41.9 Å². The van der Waals surface area contributed by atoms with Crippen molar-refractivity contribution in [3.63, 3.8) is 0 Å². The van der Waals surface area contributed by atoms with Crippen LogP contribution < -0.4 is 10.1 Å². The number of aryl methyl sites for hydroxylation is 1. The molecule has 178 valence electrons. The van der Waals surface area contributed by atoms with Crippen molar-refractivity contribution in [3.8, 4) is 11.8 Å². The van der Waals surface area contributed by atoms with Crippen LogP contribution in [0.5, 0.6) is 5.75 Å². The Balaban J connectivity index is 1.41. The number of fused-ring (bicyclic) bond motifs is 1. The van der Waals surface area contributed by atoms with E-state index in [0.717, 1.165) is 31.2 Å². The third-order valence-corrected chi connectivity index (χ3v) is 8.17. The molecule has 0 aliphatic heterocycles. The minimum Gasteiger partial charge on any atom is -0.481 e. The first-order chi connectivity index (χ1) is 16.5. The highest BCUT2D eigenvalue weighted by atomic mass is 35.5. The summed E-state index contributed by atoms with van der Waals surface area (Å²) in [5, 5.41) is 23.1. The van der Waals surface area contributed by atoms with Crippen LogP contribution in [0.2, 0.25) is 5.02 Å². The third kappa shape index (κ3) is 5.40. The predicted molar refractivity (Wildman–Crippen MR) is 136 cm³/mol. The molecule has 1 aliphatic carbocycles. The number of halogens is 1. The van der Waals surface area contributed by atoms with Gasteiger partial charge >= 0.3 is 0 Å². The van der Waals surface area contributed by atoms with E-state index in [4.69, 9.17) is 16.3 Å². The first kappa shape index (κ1) is 24.6. The molecule has 2 heterocycles. The predicted octanol–water partition coefficient (Wildman–Crippen LogP) is 6.02. The largest absolute Gasteiger partial charge is 0.481 e. The lowest BCUT2D eigenvalue weighted by Crippen LogP contribution is -2.15. The van der Waals surface area contributed by atoms with Crippen LogP contribution in [0.1, 0.15) is 61.0 Å². The van der Waals surface area contributed by atoms with Gasteiger partial charge < -0.3 is 14.6 Å². The van der Waals surface area contributed by atoms with Crippen LogP contribution in [0, 0.1) is 11.3 Å². The molecule has 34 heavy (non-hydrogen) atoms. The molecule has 2 aromatic heterocycles. The quantitative estimate of drug-likeness (QED) is 0.291. The molecule has 0 radical (unpaired) electrons. The van der Waals surface area contributed by atoms with Gasteiger partial charge in [0.25, 0.3) is 0 Å². The molecule has 1 amide bonds. The fourth-order valence-corrected chi connectivity index (χ4v) is 6.28. The molecule has 1 unspecified atom stereocenters. The second-order valence-corrected chi connectivity index (χ2v) is 10.4. The molecular formula is C24H26ClN5O2S2. The molecule has 0 spiro atoms. The summed E-state index contributed by atoms with van der Waals surface area (Å²) in [4.78, 5) is 14.0. The van der Waals surface area contributed by atoms with Crippen LogP contribution in [-0.2, 0) is 24.2 Å². The van der Waals surface area contributed by atoms with Gasteiger partial charge in [0.05, 0.1) is 16.3 Å². The van der Waals surface area contributed by atoms with E-state index in [1.165, 1.54) is 23.1 Å². The normalized spacial score (nSPS) is 14.1. The Morgan fingerprint density at radius 2 is 2.12 bits per heavy atom. The van der Waals surface area contributed by atoms with Crippen molar-refractivity contribution in [2.45, 2.75) is 63.8 Å². The number of nitriles is 1. The molecule has 0 fully saturated rings. The van der Waals surface area contributed by atoms with Crippen LogP contribution in [0.3, 0.4) is 0 Å². The number of hydrogen-bond acceptors (Lipinski definition) is 7. The van der Waals surface area contributed by atoms with E-state index in [9.17, 15) is 10.1 Å². The lowest BCUT2D eigenvalue weighted by molar-refractivity contribution is -0.113. The summed E-state index contributed by atoms with van der Waals surface area (Å²) in [6, 6.07) is 9.60. The molecule has 1 atom stereocenters. The van der Waals surface area contributed by atoms with Gasteiger partial charge in [0.15, 0.2) is 17.1 Å². The first-order valence-electron chi connectivity index (χ1n) is 11.3. The molecule has 4 rings (SSSR count). The Bertz CT molecular complexity index is 1220. The number of nitrogens with zero attached hydrogens (tertiary/aromatic N) is 4. The smallest absolute Gasteiger partial charge is 0.235 e. The zero-order valence-corrected chi connectivity index (χ0v) is 21.5. The number of aromatic nitrogens is 3. The summed E-state index contributed by atoms with van der Waals surface area (Å²) in [7, 11) is 0. The maximum absolute atomic E-state index is 12.7. The Kier molecular flexibility index (Phi) is 8.14. The molecule has 7 nitrogen and oxygen atoms in total.